The lowest BCUT2D eigenvalue weighted by Gasteiger charge is -2.28. The van der Waals surface area contributed by atoms with Gasteiger partial charge in [-0.25, -0.2) is 0 Å². The Balaban J connectivity index is -0.000000289. The molecule has 0 saturated heterocycles. The zero-order valence-corrected chi connectivity index (χ0v) is 60.2. The minimum absolute atomic E-state index is 0.0695. The average Bonchev–Trinajstić information content (AvgIpc) is 3.48. The SMILES string of the molecule is COCCOCOCC(CS)(CS)CS.COCCOCOCC(CS)(CS)CS.COCCOCOCC(CS)(CS)CS.COCCOCOCCCCCC(CS)CS.COCCOCOCCCCCC(S)CCS. The van der Waals surface area contributed by atoms with Gasteiger partial charge in [0.2, 0.25) is 0 Å². The maximum absolute atomic E-state index is 5.39. The van der Waals surface area contributed by atoms with E-state index in [0.717, 1.165) is 49.7 Å². The molecule has 0 aliphatic rings. The van der Waals surface area contributed by atoms with Crippen molar-refractivity contribution in [3.05, 3.63) is 0 Å². The van der Waals surface area contributed by atoms with Crippen LogP contribution in [0, 0.1) is 22.2 Å². The van der Waals surface area contributed by atoms with E-state index in [1.54, 1.807) is 35.5 Å². The number of methoxy groups -OCH3 is 5. The molecule has 0 heterocycles. The largest absolute Gasteiger partial charge is 0.382 e. The molecule has 15 nitrogen and oxygen atoms in total. The van der Waals surface area contributed by atoms with Crippen molar-refractivity contribution in [3.8, 4) is 0 Å². The molecule has 0 amide bonds. The van der Waals surface area contributed by atoms with E-state index >= 15 is 0 Å². The van der Waals surface area contributed by atoms with Gasteiger partial charge in [-0.15, -0.1) is 0 Å². The number of rotatable bonds is 56. The van der Waals surface area contributed by atoms with Gasteiger partial charge in [0.05, 0.1) is 85.9 Å². The summed E-state index contributed by atoms with van der Waals surface area (Å²) in [5.74, 6) is 9.81. The third kappa shape index (κ3) is 66.2. The zero-order chi connectivity index (χ0) is 60.3. The molecule has 0 bridgehead atoms. The number of hydrogen-bond donors (Lipinski definition) is 13. The molecule has 0 aromatic carbocycles. The predicted octanol–water partition coefficient (Wildman–Crippen LogP) is 9.66. The lowest BCUT2D eigenvalue weighted by molar-refractivity contribution is -0.0813. The second kappa shape index (κ2) is 76.2. The third-order valence-electron chi connectivity index (χ3n) is 10.9. The molecule has 0 radical (unpaired) electrons. The van der Waals surface area contributed by atoms with E-state index in [4.69, 9.17) is 71.1 Å². The first-order chi connectivity index (χ1) is 38.4. The molecule has 0 saturated carbocycles. The number of hydrogen-bond acceptors (Lipinski definition) is 28. The van der Waals surface area contributed by atoms with Crippen LogP contribution in [-0.2, 0) is 71.1 Å². The molecule has 484 valence electrons. The lowest BCUT2D eigenvalue weighted by atomic mass is 9.97. The summed E-state index contributed by atoms with van der Waals surface area (Å²) in [6, 6.07) is 0. The molecule has 0 aliphatic carbocycles. The van der Waals surface area contributed by atoms with Crippen LogP contribution in [0.3, 0.4) is 0 Å². The van der Waals surface area contributed by atoms with Crippen molar-refractivity contribution in [2.45, 2.75) is 63.0 Å². The Kier molecular flexibility index (Phi) is 88.4. The molecular formula is C51H112O15S13. The molecule has 0 spiro atoms. The first kappa shape index (κ1) is 91.7. The van der Waals surface area contributed by atoms with Crippen LogP contribution in [0.5, 0.6) is 0 Å². The second-order valence-electron chi connectivity index (χ2n) is 18.0. The van der Waals surface area contributed by atoms with Gasteiger partial charge in [-0.1, -0.05) is 25.7 Å². The van der Waals surface area contributed by atoms with E-state index in [1.165, 1.54) is 38.5 Å². The molecule has 0 rings (SSSR count). The van der Waals surface area contributed by atoms with Crippen molar-refractivity contribution in [3.63, 3.8) is 0 Å². The standard InChI is InChI=1S/2C12H26O3S2.3C9H20O3S3/c1-13-8-9-15-11-14-7-4-2-3-5-12(17)6-10-16;1-13-7-8-15-11-14-6-4-2-3-5-12(9-16)10-17;3*1-10-2-3-11-8-12-4-9(5-13,6-14)7-15/h2*12,16-17H,2-11H2,1H3;3*13-15H,2-8H2,1H3. The molecular weight excluding hydrogens is 1270 g/mol. The number of ether oxygens (including phenoxy) is 15. The van der Waals surface area contributed by atoms with Gasteiger partial charge in [-0.3, -0.25) is 0 Å². The van der Waals surface area contributed by atoms with Gasteiger partial charge in [0.1, 0.15) is 34.0 Å². The Morgan fingerprint density at radius 2 is 0.532 bits per heavy atom. The second-order valence-corrected chi connectivity index (χ2v) is 22.7. The van der Waals surface area contributed by atoms with Crippen LogP contribution in [0.2, 0.25) is 0 Å². The zero-order valence-electron chi connectivity index (χ0n) is 48.6. The lowest BCUT2D eigenvalue weighted by Crippen LogP contribution is -2.33. The van der Waals surface area contributed by atoms with Crippen molar-refractivity contribution >= 4 is 164 Å². The molecule has 1 atom stereocenters. The van der Waals surface area contributed by atoms with Crippen molar-refractivity contribution in [1.82, 2.24) is 0 Å². The molecule has 28 heteroatoms. The van der Waals surface area contributed by atoms with Crippen molar-refractivity contribution in [1.29, 1.82) is 0 Å². The van der Waals surface area contributed by atoms with Gasteiger partial charge in [0.15, 0.2) is 0 Å². The van der Waals surface area contributed by atoms with Crippen LogP contribution >= 0.6 is 164 Å². The van der Waals surface area contributed by atoms with E-state index < -0.39 is 0 Å². The fourth-order valence-electron chi connectivity index (χ4n) is 5.16. The molecule has 0 fully saturated rings. The highest BCUT2D eigenvalue weighted by Gasteiger charge is 2.27. The fourth-order valence-corrected chi connectivity index (χ4v) is 11.2. The first-order valence-electron chi connectivity index (χ1n) is 26.6. The minimum atomic E-state index is -0.0695. The Hall–Kier alpha value is 3.95. The molecule has 1 unspecified atom stereocenters. The molecule has 79 heavy (non-hydrogen) atoms. The Bertz CT molecular complexity index is 991. The molecule has 0 N–H and O–H groups in total. The monoisotopic (exact) mass is 1380 g/mol. The van der Waals surface area contributed by atoms with E-state index in [1.807, 2.05) is 0 Å². The molecule has 0 aliphatic heterocycles. The quantitative estimate of drug-likeness (QED) is 0.0160. The summed E-state index contributed by atoms with van der Waals surface area (Å²) in [4.78, 5) is 0. The maximum Gasteiger partial charge on any atom is 0.146 e. The Labute approximate surface area is 553 Å². The summed E-state index contributed by atoms with van der Waals surface area (Å²) in [6.45, 7) is 10.7. The van der Waals surface area contributed by atoms with Gasteiger partial charge in [-0.2, -0.15) is 164 Å². The van der Waals surface area contributed by atoms with Gasteiger partial charge < -0.3 is 71.1 Å². The first-order valence-corrected chi connectivity index (χ1v) is 34.7. The van der Waals surface area contributed by atoms with Crippen molar-refractivity contribution in [2.75, 3.05) is 238 Å². The van der Waals surface area contributed by atoms with Gasteiger partial charge in [0, 0.05) is 70.3 Å². The fraction of sp³-hybridized carbons (Fsp3) is 1.00. The van der Waals surface area contributed by atoms with Gasteiger partial charge >= 0.3 is 0 Å². The predicted molar refractivity (Wildman–Crippen MR) is 375 cm³/mol. The number of unbranched alkanes of at least 4 members (excludes halogenated alkanes) is 4. The van der Waals surface area contributed by atoms with Crippen molar-refractivity contribution < 1.29 is 71.1 Å². The Morgan fingerprint density at radius 1 is 0.278 bits per heavy atom. The highest BCUT2D eigenvalue weighted by atomic mass is 32.1. The summed E-state index contributed by atoms with van der Waals surface area (Å²) >= 11 is 55.8. The Morgan fingerprint density at radius 3 is 0.772 bits per heavy atom. The minimum Gasteiger partial charge on any atom is -0.382 e. The summed E-state index contributed by atoms with van der Waals surface area (Å²) < 4.78 is 77.0. The maximum atomic E-state index is 5.39. The van der Waals surface area contributed by atoms with Crippen LogP contribution < -0.4 is 0 Å². The summed E-state index contributed by atoms with van der Waals surface area (Å²) in [5.41, 5.74) is -0.208. The highest BCUT2D eigenvalue weighted by molar-refractivity contribution is 7.83. The summed E-state index contributed by atoms with van der Waals surface area (Å²) in [7, 11) is 8.23. The molecule has 0 aromatic heterocycles. The third-order valence-corrected chi connectivity index (χ3v) is 18.8. The average molecular weight is 1380 g/mol. The molecule has 0 aromatic rings. The highest BCUT2D eigenvalue weighted by Crippen LogP contribution is 2.25. The van der Waals surface area contributed by atoms with Crippen LogP contribution in [-0.4, -0.2) is 243 Å². The van der Waals surface area contributed by atoms with Gasteiger partial charge in [-0.05, 0) is 107 Å². The van der Waals surface area contributed by atoms with Crippen LogP contribution in [0.25, 0.3) is 0 Å². The van der Waals surface area contributed by atoms with E-state index in [0.29, 0.717) is 162 Å². The van der Waals surface area contributed by atoms with E-state index in [2.05, 4.69) is 164 Å². The summed E-state index contributed by atoms with van der Waals surface area (Å²) in [5, 5.41) is 0.505. The smallest absolute Gasteiger partial charge is 0.146 e. The van der Waals surface area contributed by atoms with Crippen LogP contribution in [0.1, 0.15) is 57.8 Å². The van der Waals surface area contributed by atoms with E-state index in [9.17, 15) is 0 Å². The number of thiol groups is 13. The topological polar surface area (TPSA) is 138 Å². The normalized spacial score (nSPS) is 12.0. The van der Waals surface area contributed by atoms with Crippen LogP contribution in [0.15, 0.2) is 0 Å². The van der Waals surface area contributed by atoms with E-state index in [-0.39, 0.29) is 36.6 Å². The van der Waals surface area contributed by atoms with Gasteiger partial charge in [0.25, 0.3) is 0 Å². The van der Waals surface area contributed by atoms with Crippen molar-refractivity contribution in [2.24, 2.45) is 22.2 Å². The van der Waals surface area contributed by atoms with Crippen LogP contribution in [0.4, 0.5) is 0 Å². The summed E-state index contributed by atoms with van der Waals surface area (Å²) in [6.07, 6.45) is 10.5.